The summed E-state index contributed by atoms with van der Waals surface area (Å²) in [5.41, 5.74) is 9.76. The number of nitrogens with one attached hydrogen (secondary N) is 3. The Morgan fingerprint density at radius 2 is 1.96 bits per heavy atom. The maximum atomic E-state index is 13.8. The Morgan fingerprint density at radius 1 is 1.20 bits per heavy atom. The molecule has 0 unspecified atom stereocenters. The van der Waals surface area contributed by atoms with Gasteiger partial charge in [-0.25, -0.2) is 9.78 Å². The molecule has 254 valence electrons. The zero-order chi connectivity index (χ0) is 35.0. The van der Waals surface area contributed by atoms with E-state index in [9.17, 15) is 29.1 Å². The van der Waals surface area contributed by atoms with E-state index < -0.39 is 41.9 Å². The highest BCUT2D eigenvalue weighted by atomic mass is 16.6. The maximum Gasteiger partial charge on any atom is 0.343 e. The number of ether oxygens (including phenoxy) is 2. The summed E-state index contributed by atoms with van der Waals surface area (Å²) in [6.45, 7) is 8.12. The van der Waals surface area contributed by atoms with Crippen LogP contribution in [0.4, 0.5) is 11.4 Å². The van der Waals surface area contributed by atoms with E-state index in [-0.39, 0.29) is 42.0 Å². The smallest absolute Gasteiger partial charge is 0.343 e. The van der Waals surface area contributed by atoms with Crippen LogP contribution in [0.25, 0.3) is 32.7 Å². The van der Waals surface area contributed by atoms with Crippen molar-refractivity contribution in [3.05, 3.63) is 74.0 Å². The molecule has 5 heterocycles. The van der Waals surface area contributed by atoms with Crippen LogP contribution >= 0.6 is 0 Å². The zero-order valence-electron chi connectivity index (χ0n) is 26.7. The lowest BCUT2D eigenvalue weighted by Crippen LogP contribution is -2.44. The van der Waals surface area contributed by atoms with Crippen LogP contribution < -0.4 is 26.4 Å². The molecule has 49 heavy (non-hydrogen) atoms. The lowest BCUT2D eigenvalue weighted by atomic mass is 9.86. The number of cyclic esters (lactones) is 1. The standard InChI is InChI=1S/C32H33N9O8/c1-4-32(47)22-12-24-26-20(14-41(24)30(45)21(22)15-49-31(32)46)27(40-7-9-48-10-8-40)19-11-18(5-6-23(19)38-26)37-29(44)17(3)36-28(43)16(2)35-25(42)13-34-39-33/h5-6,11-12,17,47H,2,4,7-10,13-15H2,1,3H3,(H,35,42)(H,36,43)(H,37,44)/t17-,32-/m0/s1. The van der Waals surface area contributed by atoms with Gasteiger partial charge in [0.25, 0.3) is 11.5 Å². The predicted octanol–water partition coefficient (Wildman–Crippen LogP) is 1.30. The highest BCUT2D eigenvalue weighted by Gasteiger charge is 2.45. The Morgan fingerprint density at radius 3 is 2.67 bits per heavy atom. The van der Waals surface area contributed by atoms with Gasteiger partial charge in [0.15, 0.2) is 5.60 Å². The molecule has 3 aromatic rings. The van der Waals surface area contributed by atoms with E-state index in [1.807, 2.05) is 0 Å². The third-order valence-corrected chi connectivity index (χ3v) is 8.83. The molecular weight excluding hydrogens is 638 g/mol. The Kier molecular flexibility index (Phi) is 8.81. The minimum absolute atomic E-state index is 0.0275. The number of esters is 1. The van der Waals surface area contributed by atoms with Gasteiger partial charge in [-0.3, -0.25) is 19.2 Å². The summed E-state index contributed by atoms with van der Waals surface area (Å²) in [6.07, 6.45) is 0.0275. The van der Waals surface area contributed by atoms with Crippen LogP contribution in [0, 0.1) is 0 Å². The van der Waals surface area contributed by atoms with Gasteiger partial charge in [0.05, 0.1) is 53.6 Å². The topological polar surface area (TPSA) is 230 Å². The van der Waals surface area contributed by atoms with Crippen molar-refractivity contribution < 1.29 is 33.8 Å². The first kappa shape index (κ1) is 33.1. The molecule has 1 fully saturated rings. The van der Waals surface area contributed by atoms with Gasteiger partial charge in [0, 0.05) is 40.2 Å². The van der Waals surface area contributed by atoms with Crippen LogP contribution in [0.2, 0.25) is 0 Å². The van der Waals surface area contributed by atoms with E-state index in [0.29, 0.717) is 54.3 Å². The number of aliphatic hydroxyl groups is 1. The van der Waals surface area contributed by atoms with Gasteiger partial charge >= 0.3 is 5.97 Å². The first-order valence-corrected chi connectivity index (χ1v) is 15.5. The predicted molar refractivity (Wildman–Crippen MR) is 175 cm³/mol. The number of hydrogen-bond acceptors (Lipinski definition) is 11. The number of aromatic nitrogens is 2. The number of fused-ring (bicyclic) bond motifs is 5. The number of pyridine rings is 2. The number of benzene rings is 1. The van der Waals surface area contributed by atoms with Crippen molar-refractivity contribution in [1.82, 2.24) is 20.2 Å². The molecule has 3 aliphatic heterocycles. The number of amides is 3. The molecule has 17 nitrogen and oxygen atoms in total. The maximum absolute atomic E-state index is 13.8. The molecule has 1 aromatic carbocycles. The molecule has 0 spiro atoms. The fourth-order valence-electron chi connectivity index (χ4n) is 6.24. The van der Waals surface area contributed by atoms with Crippen molar-refractivity contribution in [1.29, 1.82) is 0 Å². The van der Waals surface area contributed by atoms with Crippen LogP contribution in [0.5, 0.6) is 0 Å². The number of anilines is 2. The van der Waals surface area contributed by atoms with Crippen molar-refractivity contribution in [3.63, 3.8) is 0 Å². The Hall–Kier alpha value is -5.77. The summed E-state index contributed by atoms with van der Waals surface area (Å²) in [4.78, 5) is 73.3. The second kappa shape index (κ2) is 13.0. The summed E-state index contributed by atoms with van der Waals surface area (Å²) in [5.74, 6) is -2.88. The van der Waals surface area contributed by atoms with Gasteiger partial charge < -0.3 is 40.0 Å². The largest absolute Gasteiger partial charge is 0.458 e. The number of carbonyl (C=O) groups is 4. The third-order valence-electron chi connectivity index (χ3n) is 8.83. The van der Waals surface area contributed by atoms with E-state index in [0.717, 1.165) is 11.3 Å². The fourth-order valence-corrected chi connectivity index (χ4v) is 6.24. The van der Waals surface area contributed by atoms with Gasteiger partial charge in [-0.2, -0.15) is 0 Å². The molecule has 2 atom stereocenters. The third kappa shape index (κ3) is 5.94. The minimum Gasteiger partial charge on any atom is -0.458 e. The van der Waals surface area contributed by atoms with E-state index >= 15 is 0 Å². The molecule has 2 aromatic heterocycles. The Labute approximate surface area is 278 Å². The van der Waals surface area contributed by atoms with E-state index in [4.69, 9.17) is 20.0 Å². The summed E-state index contributed by atoms with van der Waals surface area (Å²) >= 11 is 0. The van der Waals surface area contributed by atoms with Crippen molar-refractivity contribution in [2.24, 2.45) is 5.11 Å². The number of hydrogen-bond donors (Lipinski definition) is 4. The molecule has 6 rings (SSSR count). The molecule has 0 bridgehead atoms. The Bertz CT molecular complexity index is 2050. The molecule has 17 heteroatoms. The first-order chi connectivity index (χ1) is 23.5. The van der Waals surface area contributed by atoms with Crippen molar-refractivity contribution in [2.75, 3.05) is 43.1 Å². The molecule has 1 saturated heterocycles. The van der Waals surface area contributed by atoms with Crippen molar-refractivity contribution in [2.45, 2.75) is 45.1 Å². The molecule has 4 N–H and O–H groups in total. The average Bonchev–Trinajstić information content (AvgIpc) is 3.46. The number of azide groups is 1. The monoisotopic (exact) mass is 671 g/mol. The Balaban J connectivity index is 1.33. The van der Waals surface area contributed by atoms with E-state index in [1.54, 1.807) is 35.8 Å². The lowest BCUT2D eigenvalue weighted by Gasteiger charge is -2.31. The van der Waals surface area contributed by atoms with Crippen LogP contribution in [-0.2, 0) is 47.4 Å². The first-order valence-electron chi connectivity index (χ1n) is 15.5. The average molecular weight is 672 g/mol. The summed E-state index contributed by atoms with van der Waals surface area (Å²) in [6, 6.07) is 5.80. The highest BCUT2D eigenvalue weighted by molar-refractivity contribution is 6.04. The minimum atomic E-state index is -1.95. The number of morpholine rings is 1. The van der Waals surface area contributed by atoms with Crippen LogP contribution in [-0.4, -0.2) is 77.2 Å². The SMILES string of the molecule is C=C(NC(=O)CN=[N+]=[N-])C(=O)N[C@@H](C)C(=O)Nc1ccc2nc3c(c(N4CCOCC4)c2c1)Cn1c-3cc2c(c1=O)COC(=O)[C@]2(O)CC. The highest BCUT2D eigenvalue weighted by Crippen LogP contribution is 2.43. The second-order valence-corrected chi connectivity index (χ2v) is 11.8. The molecule has 0 saturated carbocycles. The summed E-state index contributed by atoms with van der Waals surface area (Å²) < 4.78 is 12.4. The van der Waals surface area contributed by atoms with Gasteiger partial charge in [0.1, 0.15) is 19.2 Å². The van der Waals surface area contributed by atoms with Crippen LogP contribution in [0.3, 0.4) is 0 Å². The van der Waals surface area contributed by atoms with Crippen molar-refractivity contribution >= 4 is 46.0 Å². The molecule has 3 aliphatic rings. The normalized spacial score (nSPS) is 18.3. The molecule has 0 radical (unpaired) electrons. The van der Waals surface area contributed by atoms with Gasteiger partial charge in [-0.05, 0) is 43.1 Å². The van der Waals surface area contributed by atoms with Crippen molar-refractivity contribution in [3.8, 4) is 11.4 Å². The zero-order valence-corrected chi connectivity index (χ0v) is 26.7. The second-order valence-electron chi connectivity index (χ2n) is 11.8. The van der Waals surface area contributed by atoms with Crippen LogP contribution in [0.15, 0.2) is 46.5 Å². The van der Waals surface area contributed by atoms with Gasteiger partial charge in [-0.15, -0.1) is 0 Å². The van der Waals surface area contributed by atoms with E-state index in [2.05, 4.69) is 37.5 Å². The number of rotatable bonds is 9. The fraction of sp³-hybridized carbons (Fsp3) is 0.375. The van der Waals surface area contributed by atoms with E-state index in [1.165, 1.54) is 6.92 Å². The summed E-state index contributed by atoms with van der Waals surface area (Å²) in [7, 11) is 0. The summed E-state index contributed by atoms with van der Waals surface area (Å²) in [5, 5.41) is 22.6. The lowest BCUT2D eigenvalue weighted by molar-refractivity contribution is -0.172. The van der Waals surface area contributed by atoms with Gasteiger partial charge in [-0.1, -0.05) is 18.6 Å². The molecule has 0 aliphatic carbocycles. The molecule has 3 amide bonds. The molecular formula is C32H33N9O8. The number of nitrogens with zero attached hydrogens (tertiary/aromatic N) is 6. The number of carbonyl (C=O) groups excluding carboxylic acids is 4. The van der Waals surface area contributed by atoms with Gasteiger partial charge in [0.2, 0.25) is 11.8 Å². The quantitative estimate of drug-likeness (QED) is 0.0655. The van der Waals surface area contributed by atoms with Crippen LogP contribution in [0.1, 0.15) is 37.0 Å².